The van der Waals surface area contributed by atoms with Gasteiger partial charge in [0, 0.05) is 11.7 Å². The van der Waals surface area contributed by atoms with Gasteiger partial charge in [0.25, 0.3) is 0 Å². The largest absolute Gasteiger partial charge is 0.459 e. The predicted octanol–water partition coefficient (Wildman–Crippen LogP) is 2.85. The van der Waals surface area contributed by atoms with Crippen LogP contribution in [0.25, 0.3) is 0 Å². The molecular weight excluding hydrogens is 218 g/mol. The summed E-state index contributed by atoms with van der Waals surface area (Å²) in [5.74, 6) is -0.107. The highest BCUT2D eigenvalue weighted by atomic mass is 28.3. The Kier molecular flexibility index (Phi) is 4.24. The molecule has 1 aromatic rings. The quantitative estimate of drug-likeness (QED) is 0.597. The maximum Gasteiger partial charge on any atom is 0.306 e. The van der Waals surface area contributed by atoms with Crippen molar-refractivity contribution in [3.8, 4) is 0 Å². The molecule has 1 atom stereocenters. The number of pyridine rings is 1. The number of carbonyl (C=O) groups excluding carboxylic acids is 1. The number of carbonyl (C=O) groups is 1. The Morgan fingerprint density at radius 2 is 2.12 bits per heavy atom. The Morgan fingerprint density at radius 3 is 2.62 bits per heavy atom. The smallest absolute Gasteiger partial charge is 0.306 e. The van der Waals surface area contributed by atoms with Crippen molar-refractivity contribution in [2.24, 2.45) is 0 Å². The molecular formula is C12H19NO2Si. The monoisotopic (exact) mass is 237 g/mol. The first-order valence-corrected chi connectivity index (χ1v) is 9.05. The summed E-state index contributed by atoms with van der Waals surface area (Å²) in [5.41, 5.74) is 0.815. The molecule has 1 aromatic heterocycles. The summed E-state index contributed by atoms with van der Waals surface area (Å²) in [4.78, 5) is 15.9. The van der Waals surface area contributed by atoms with Crippen molar-refractivity contribution in [2.45, 2.75) is 38.7 Å². The van der Waals surface area contributed by atoms with E-state index in [-0.39, 0.29) is 18.1 Å². The normalized spacial score (nSPS) is 13.2. The number of hydrogen-bond acceptors (Lipinski definition) is 3. The third-order valence-electron chi connectivity index (χ3n) is 2.74. The molecule has 16 heavy (non-hydrogen) atoms. The van der Waals surface area contributed by atoms with Crippen molar-refractivity contribution in [1.82, 2.24) is 4.98 Å². The zero-order valence-electron chi connectivity index (χ0n) is 10.4. The van der Waals surface area contributed by atoms with Gasteiger partial charge >= 0.3 is 5.97 Å². The van der Waals surface area contributed by atoms with Crippen molar-refractivity contribution in [3.63, 3.8) is 0 Å². The van der Waals surface area contributed by atoms with Gasteiger partial charge in [0.15, 0.2) is 0 Å². The van der Waals surface area contributed by atoms with Gasteiger partial charge in [-0.15, -0.1) is 0 Å². The standard InChI is InChI=1S/C12H19NO2Si/c1-10(16(2,3)4)12(14)15-9-11-7-5-6-8-13-11/h5-8,10H,9H2,1-4H3. The van der Waals surface area contributed by atoms with Crippen LogP contribution < -0.4 is 0 Å². The summed E-state index contributed by atoms with van der Waals surface area (Å²) in [6, 6.07) is 5.58. The van der Waals surface area contributed by atoms with E-state index in [1.54, 1.807) is 6.20 Å². The van der Waals surface area contributed by atoms with Crippen molar-refractivity contribution in [1.29, 1.82) is 0 Å². The van der Waals surface area contributed by atoms with Crippen LogP contribution >= 0.6 is 0 Å². The molecule has 0 saturated heterocycles. The summed E-state index contributed by atoms with van der Waals surface area (Å²) in [6.45, 7) is 8.72. The second-order valence-electron chi connectivity index (χ2n) is 5.02. The molecule has 0 amide bonds. The summed E-state index contributed by atoms with van der Waals surface area (Å²) >= 11 is 0. The Morgan fingerprint density at radius 1 is 1.44 bits per heavy atom. The van der Waals surface area contributed by atoms with Gasteiger partial charge in [0.2, 0.25) is 0 Å². The Hall–Kier alpha value is -1.16. The molecule has 0 saturated carbocycles. The molecule has 1 rings (SSSR count). The minimum atomic E-state index is -1.46. The lowest BCUT2D eigenvalue weighted by Crippen LogP contribution is -2.32. The van der Waals surface area contributed by atoms with Crippen LogP contribution in [0, 0.1) is 0 Å². The highest BCUT2D eigenvalue weighted by molar-refractivity contribution is 6.80. The molecule has 88 valence electrons. The van der Waals surface area contributed by atoms with E-state index in [1.165, 1.54) is 0 Å². The molecule has 0 aromatic carbocycles. The van der Waals surface area contributed by atoms with E-state index in [0.717, 1.165) is 5.69 Å². The third kappa shape index (κ3) is 3.77. The lowest BCUT2D eigenvalue weighted by Gasteiger charge is -2.23. The number of rotatable bonds is 4. The van der Waals surface area contributed by atoms with Crippen LogP contribution in [-0.4, -0.2) is 19.0 Å². The van der Waals surface area contributed by atoms with E-state index in [2.05, 4.69) is 24.6 Å². The maximum atomic E-state index is 11.7. The van der Waals surface area contributed by atoms with Crippen LogP contribution in [0.15, 0.2) is 24.4 Å². The van der Waals surface area contributed by atoms with Crippen molar-refractivity contribution < 1.29 is 9.53 Å². The van der Waals surface area contributed by atoms with Gasteiger partial charge in [-0.1, -0.05) is 32.6 Å². The topological polar surface area (TPSA) is 39.2 Å². The molecule has 0 aliphatic rings. The number of esters is 1. The van der Waals surface area contributed by atoms with Gasteiger partial charge in [0.05, 0.1) is 13.8 Å². The number of hydrogen-bond donors (Lipinski definition) is 0. The molecule has 1 heterocycles. The third-order valence-corrected chi connectivity index (χ3v) is 5.57. The molecule has 0 radical (unpaired) electrons. The van der Waals surface area contributed by atoms with Crippen LogP contribution in [0.3, 0.4) is 0 Å². The van der Waals surface area contributed by atoms with Crippen molar-refractivity contribution in [2.75, 3.05) is 0 Å². The van der Waals surface area contributed by atoms with E-state index in [1.807, 2.05) is 25.1 Å². The van der Waals surface area contributed by atoms with Crippen LogP contribution in [0.4, 0.5) is 0 Å². The zero-order valence-corrected chi connectivity index (χ0v) is 11.4. The van der Waals surface area contributed by atoms with E-state index in [0.29, 0.717) is 0 Å². The SMILES string of the molecule is CC(C(=O)OCc1ccccn1)[Si](C)(C)C. The summed E-state index contributed by atoms with van der Waals surface area (Å²) in [5, 5.41) is 0. The van der Waals surface area contributed by atoms with Gasteiger partial charge in [-0.25, -0.2) is 0 Å². The first kappa shape index (κ1) is 12.9. The van der Waals surface area contributed by atoms with Crippen molar-refractivity contribution in [3.05, 3.63) is 30.1 Å². The fourth-order valence-electron chi connectivity index (χ4n) is 1.11. The first-order chi connectivity index (χ1) is 7.41. The summed E-state index contributed by atoms with van der Waals surface area (Å²) in [6.07, 6.45) is 1.70. The van der Waals surface area contributed by atoms with Gasteiger partial charge in [-0.2, -0.15) is 0 Å². The molecule has 0 spiro atoms. The van der Waals surface area contributed by atoms with Crippen LogP contribution in [0.5, 0.6) is 0 Å². The summed E-state index contributed by atoms with van der Waals surface area (Å²) in [7, 11) is -1.46. The lowest BCUT2D eigenvalue weighted by molar-refractivity contribution is -0.144. The predicted molar refractivity (Wildman–Crippen MR) is 66.8 cm³/mol. The lowest BCUT2D eigenvalue weighted by atomic mass is 10.4. The number of nitrogens with zero attached hydrogens (tertiary/aromatic N) is 1. The van der Waals surface area contributed by atoms with Crippen LogP contribution in [0.2, 0.25) is 25.2 Å². The van der Waals surface area contributed by atoms with Gasteiger partial charge in [0.1, 0.15) is 6.61 Å². The molecule has 0 aliphatic heterocycles. The molecule has 0 fully saturated rings. The number of ether oxygens (including phenoxy) is 1. The first-order valence-electron chi connectivity index (χ1n) is 5.48. The van der Waals surface area contributed by atoms with E-state index >= 15 is 0 Å². The van der Waals surface area contributed by atoms with Crippen molar-refractivity contribution >= 4 is 14.0 Å². The average molecular weight is 237 g/mol. The average Bonchev–Trinajstić information content (AvgIpc) is 2.25. The molecule has 3 nitrogen and oxygen atoms in total. The molecule has 1 unspecified atom stereocenters. The molecule has 0 aliphatic carbocycles. The van der Waals surface area contributed by atoms with Gasteiger partial charge in [-0.3, -0.25) is 9.78 Å². The van der Waals surface area contributed by atoms with E-state index in [9.17, 15) is 4.79 Å². The fraction of sp³-hybridized carbons (Fsp3) is 0.500. The second kappa shape index (κ2) is 5.25. The highest BCUT2D eigenvalue weighted by Gasteiger charge is 2.29. The highest BCUT2D eigenvalue weighted by Crippen LogP contribution is 2.22. The molecule has 4 heteroatoms. The second-order valence-corrected chi connectivity index (χ2v) is 10.6. The van der Waals surface area contributed by atoms with Crippen LogP contribution in [-0.2, 0) is 16.1 Å². The minimum absolute atomic E-state index is 0.0243. The Balaban J connectivity index is 2.48. The fourth-order valence-corrected chi connectivity index (χ4v) is 1.90. The van der Waals surface area contributed by atoms with Gasteiger partial charge < -0.3 is 4.74 Å². The zero-order chi connectivity index (χ0) is 12.2. The van der Waals surface area contributed by atoms with Gasteiger partial charge in [-0.05, 0) is 12.1 Å². The Labute approximate surface area is 97.9 Å². The molecule has 0 N–H and O–H groups in total. The van der Waals surface area contributed by atoms with E-state index < -0.39 is 8.07 Å². The van der Waals surface area contributed by atoms with E-state index in [4.69, 9.17) is 4.74 Å². The number of aromatic nitrogens is 1. The maximum absolute atomic E-state index is 11.7. The Bertz CT molecular complexity index is 346. The molecule has 0 bridgehead atoms. The summed E-state index contributed by atoms with van der Waals surface area (Å²) < 4.78 is 5.25. The van der Waals surface area contributed by atoms with Crippen LogP contribution in [0.1, 0.15) is 12.6 Å². The minimum Gasteiger partial charge on any atom is -0.459 e.